The smallest absolute Gasteiger partial charge is 0.237 e. The number of imide groups is 1. The lowest BCUT2D eigenvalue weighted by atomic mass is 9.49. The predicted octanol–water partition coefficient (Wildman–Crippen LogP) is 9.24. The van der Waals surface area contributed by atoms with Crippen LogP contribution < -0.4 is 21.7 Å². The van der Waals surface area contributed by atoms with E-state index in [0.29, 0.717) is 44.2 Å². The molecule has 5 aliphatic carbocycles. The number of benzene rings is 2. The summed E-state index contributed by atoms with van der Waals surface area (Å²) in [7, 11) is 0. The fourth-order valence-corrected chi connectivity index (χ4v) is 13.5. The Kier molecular flexibility index (Phi) is 17.7. The van der Waals surface area contributed by atoms with Crippen molar-refractivity contribution in [2.75, 3.05) is 11.9 Å². The highest BCUT2D eigenvalue weighted by Crippen LogP contribution is 2.58. The van der Waals surface area contributed by atoms with Gasteiger partial charge in [0.25, 0.3) is 0 Å². The largest absolute Gasteiger partial charge is 0.508 e. The number of anilines is 1. The molecular formula is C59H82N4O8. The number of nitrogens with one attached hydrogen (secondary N) is 3. The zero-order valence-corrected chi connectivity index (χ0v) is 43.5. The first-order valence-electron chi connectivity index (χ1n) is 27.2. The Labute approximate surface area is 422 Å². The Balaban J connectivity index is 0.892. The molecule has 0 spiro atoms. The van der Waals surface area contributed by atoms with Gasteiger partial charge < -0.3 is 26.2 Å². The number of ketones is 2. The van der Waals surface area contributed by atoms with E-state index in [0.717, 1.165) is 101 Å². The van der Waals surface area contributed by atoms with Gasteiger partial charge in [-0.3, -0.25) is 34.1 Å². The average Bonchev–Trinajstić information content (AvgIpc) is 3.32. The number of aromatic hydroxyl groups is 1. The van der Waals surface area contributed by atoms with E-state index < -0.39 is 29.3 Å². The number of amides is 4. The van der Waals surface area contributed by atoms with Crippen molar-refractivity contribution in [3.63, 3.8) is 0 Å². The number of unbranched alkanes of at least 4 members (excludes halogenated alkanes) is 2. The van der Waals surface area contributed by atoms with E-state index in [1.54, 1.807) is 13.0 Å². The summed E-state index contributed by atoms with van der Waals surface area (Å²) >= 11 is 0. The van der Waals surface area contributed by atoms with Gasteiger partial charge >= 0.3 is 0 Å². The van der Waals surface area contributed by atoms with Crippen molar-refractivity contribution in [2.45, 2.75) is 205 Å². The summed E-state index contributed by atoms with van der Waals surface area (Å²) in [5.41, 5.74) is 10.3. The van der Waals surface area contributed by atoms with Gasteiger partial charge in [0.1, 0.15) is 18.5 Å². The Morgan fingerprint density at radius 3 is 2.31 bits per heavy atom. The topological polar surface area (TPSA) is 194 Å². The summed E-state index contributed by atoms with van der Waals surface area (Å²) in [6, 6.07) is 10.1. The lowest BCUT2D eigenvalue weighted by molar-refractivity contribution is -0.146. The molecule has 6 N–H and O–H groups in total. The number of hydrogen-bond donors (Lipinski definition) is 5. The number of rotatable bonds is 19. The maximum Gasteiger partial charge on any atom is 0.237 e. The number of carbonyl (C=O) groups is 6. The van der Waals surface area contributed by atoms with Crippen LogP contribution in [0.3, 0.4) is 0 Å². The first kappa shape index (κ1) is 53.9. The van der Waals surface area contributed by atoms with Crippen LogP contribution >= 0.6 is 0 Å². The van der Waals surface area contributed by atoms with Crippen LogP contribution in [-0.2, 0) is 57.2 Å². The number of nitrogens with two attached hydrogens (primary N) is 1. The molecule has 4 amide bonds. The van der Waals surface area contributed by atoms with Gasteiger partial charge in [-0.05, 0) is 159 Å². The Bertz CT molecular complexity index is 2370. The first-order valence-corrected chi connectivity index (χ1v) is 27.2. The maximum absolute atomic E-state index is 14.4. The third-order valence-electron chi connectivity index (χ3n) is 17.7. The number of fused-ring (bicyclic) bond motifs is 6. The van der Waals surface area contributed by atoms with Gasteiger partial charge in [-0.25, -0.2) is 0 Å². The molecule has 0 radical (unpaired) electrons. The van der Waals surface area contributed by atoms with Crippen LogP contribution in [0.4, 0.5) is 5.69 Å². The zero-order chi connectivity index (χ0) is 51.1. The van der Waals surface area contributed by atoms with Crippen molar-refractivity contribution < 1.29 is 38.6 Å². The van der Waals surface area contributed by atoms with Crippen LogP contribution in [0.2, 0.25) is 0 Å². The predicted molar refractivity (Wildman–Crippen MR) is 276 cm³/mol. The lowest BCUT2D eigenvalue weighted by Gasteiger charge is -2.54. The highest BCUT2D eigenvalue weighted by molar-refractivity contribution is 6.00. The van der Waals surface area contributed by atoms with Crippen LogP contribution in [-0.4, -0.2) is 65.1 Å². The molecule has 12 nitrogen and oxygen atoms in total. The van der Waals surface area contributed by atoms with E-state index in [1.165, 1.54) is 11.1 Å². The van der Waals surface area contributed by atoms with Crippen LogP contribution in [0.5, 0.6) is 5.75 Å². The molecule has 12 heteroatoms. The third-order valence-corrected chi connectivity index (χ3v) is 17.7. The molecule has 10 atom stereocenters. The van der Waals surface area contributed by atoms with E-state index in [4.69, 9.17) is 10.5 Å². The summed E-state index contributed by atoms with van der Waals surface area (Å²) in [4.78, 5) is 81.9. The van der Waals surface area contributed by atoms with Crippen molar-refractivity contribution in [1.82, 2.24) is 10.6 Å². The maximum atomic E-state index is 14.4. The second-order valence-electron chi connectivity index (χ2n) is 23.1. The molecule has 7 rings (SSSR count). The van der Waals surface area contributed by atoms with Crippen LogP contribution in [0.25, 0.3) is 0 Å². The summed E-state index contributed by atoms with van der Waals surface area (Å²) in [5, 5.41) is 19.4. The molecule has 2 fully saturated rings. The van der Waals surface area contributed by atoms with Crippen molar-refractivity contribution in [2.24, 2.45) is 40.7 Å². The fraction of sp³-hybridized carbons (Fsp3) is 0.661. The minimum absolute atomic E-state index is 0.0156. The molecule has 2 saturated carbocycles. The Morgan fingerprint density at radius 1 is 0.803 bits per heavy atom. The highest BCUT2D eigenvalue weighted by Gasteiger charge is 2.56. The zero-order valence-electron chi connectivity index (χ0n) is 43.5. The van der Waals surface area contributed by atoms with Crippen LogP contribution in [0.1, 0.15) is 186 Å². The van der Waals surface area contributed by atoms with Gasteiger partial charge in [0, 0.05) is 36.8 Å². The molecule has 2 aromatic carbocycles. The van der Waals surface area contributed by atoms with E-state index in [9.17, 15) is 33.9 Å². The number of carbonyl (C=O) groups excluding carboxylic acids is 6. The second kappa shape index (κ2) is 23.3. The molecule has 0 heterocycles. The van der Waals surface area contributed by atoms with E-state index in [-0.39, 0.29) is 88.7 Å². The van der Waals surface area contributed by atoms with Gasteiger partial charge in [0.15, 0.2) is 11.6 Å². The number of Topliss-reactive ketones (excluding diaryl/α,β-unsaturated/α-hetero) is 2. The van der Waals surface area contributed by atoms with Crippen molar-refractivity contribution in [3.8, 4) is 17.6 Å². The second-order valence-corrected chi connectivity index (χ2v) is 23.1. The van der Waals surface area contributed by atoms with E-state index >= 15 is 0 Å². The van der Waals surface area contributed by atoms with Crippen LogP contribution in [0.15, 0.2) is 36.4 Å². The highest BCUT2D eigenvalue weighted by atomic mass is 16.5. The average molecular weight is 975 g/mol. The van der Waals surface area contributed by atoms with Gasteiger partial charge in [-0.1, -0.05) is 91.7 Å². The molecule has 386 valence electrons. The Morgan fingerprint density at radius 2 is 1.54 bits per heavy atom. The number of phenols is 1. The number of aryl methyl sites for hydroxylation is 2. The lowest BCUT2D eigenvalue weighted by Crippen LogP contribution is -2.57. The molecular weight excluding hydrogens is 893 g/mol. The number of hydrogen-bond acceptors (Lipinski definition) is 9. The fourth-order valence-electron chi connectivity index (χ4n) is 13.5. The number of phenolic OH excluding ortho intramolecular Hbond substituents is 1. The van der Waals surface area contributed by atoms with E-state index in [2.05, 4.69) is 47.7 Å². The molecule has 5 aliphatic rings. The quantitative estimate of drug-likeness (QED) is 0.0518. The molecule has 0 bridgehead atoms. The minimum atomic E-state index is -0.807. The van der Waals surface area contributed by atoms with Crippen molar-refractivity contribution in [3.05, 3.63) is 58.7 Å². The van der Waals surface area contributed by atoms with Gasteiger partial charge in [-0.15, -0.1) is 5.92 Å². The van der Waals surface area contributed by atoms with Crippen molar-refractivity contribution >= 4 is 40.9 Å². The van der Waals surface area contributed by atoms with Crippen LogP contribution in [0, 0.1) is 46.8 Å². The molecule has 0 saturated heterocycles. The monoisotopic (exact) mass is 975 g/mol. The molecule has 0 aliphatic heterocycles. The number of ether oxygens (including phenoxy) is 1. The standard InChI is InChI=1S/C59H82N4O8/c1-37(2)52(62-55(69)49(60)21-14-10-11-17-43(65)36-71-44-18-12-8-7-9-13-19-44)50(66)33-38(3)53(67)61-41-26-22-39-24-28-46-45(20-15-30-57(46,4)47(39)34-41)54(68)63-56(70)59(6)32-16-31-58(5)48-35-42(64)27-23-40(48)25-29-51(58)59/h22-23,26-27,34-35,37-38,44-46,49,51-52,64H,7-12,14-18,20-21,24-25,28-33,36,60H2,1-6H3,(H,61,67)(H,62,69)(H,63,68,70)/t38-,44?,45+,46+,49+,51-,52+,57+,58-,59+/m1/s1. The van der Waals surface area contributed by atoms with E-state index in [1.807, 2.05) is 45.0 Å². The molecule has 1 unspecified atom stereocenters. The summed E-state index contributed by atoms with van der Waals surface area (Å²) < 4.78 is 5.77. The minimum Gasteiger partial charge on any atom is -0.508 e. The van der Waals surface area contributed by atoms with Crippen molar-refractivity contribution in [1.29, 1.82) is 0 Å². The molecule has 71 heavy (non-hydrogen) atoms. The van der Waals surface area contributed by atoms with Gasteiger partial charge in [-0.2, -0.15) is 0 Å². The summed E-state index contributed by atoms with van der Waals surface area (Å²) in [6.45, 7) is 12.0. The molecule has 2 aromatic rings. The van der Waals surface area contributed by atoms with Gasteiger partial charge in [0.2, 0.25) is 23.6 Å². The van der Waals surface area contributed by atoms with Gasteiger partial charge in [0.05, 0.1) is 17.5 Å². The first-order chi connectivity index (χ1) is 33.8. The third kappa shape index (κ3) is 12.3. The summed E-state index contributed by atoms with van der Waals surface area (Å²) in [5.74, 6) is 4.08. The SMILES string of the molecule is CC(C)[C@H](NC(=O)[C@@H](N)CCCCCC(=O)COC1C#CCCCCC1)C(=O)C[C@@H](C)C(=O)Nc1ccc2c(c1)[C@@]1(C)CCC[C@H](C(=O)NC(=O)[C@@]3(C)CCC[C@]4(C)c5cc(O)ccc5CC[C@@H]34)[C@@H]1CC2. The molecule has 0 aromatic heterocycles. The Hall–Kier alpha value is -4.86. The summed E-state index contributed by atoms with van der Waals surface area (Å²) in [6.07, 6.45) is 16.0. The normalized spacial score (nSPS) is 28.1.